The summed E-state index contributed by atoms with van der Waals surface area (Å²) in [6, 6.07) is 0. The standard InChI is InChI=1S/C50H80O28/c1-18-11-49-9-5-24-47(2,7-4-8-48(24,3)46(68)77-44-39(34(64)29(59)22(15-54)72-44)75-42-36(66)32(62)27(57)20(13-52)70-42)25(49)6-10-50(18,17-49)78-45-40(76-43-37(67)33(63)28(58)21(14-53)71-43)38(30(60)23(16-55)73-45)74-41-35(65)31(61)26(56)19(12-51)69-41/h19-45,51-67H,1,4-17H2,2-3H3/t19?,20?,21?,22?,23?,24-,25-,26?,27?,28?,29?,30?,31?,32?,33?,34?,35?,36?,37?,38?,39?,40?,41?,42?,43?,44?,45?,47+,48+,49+,50-/m0/s1. The van der Waals surface area contributed by atoms with Crippen LogP contribution >= 0.6 is 0 Å². The Morgan fingerprint density at radius 2 is 0.910 bits per heavy atom. The third kappa shape index (κ3) is 10.3. The number of hydrogen-bond donors (Lipinski definition) is 17. The summed E-state index contributed by atoms with van der Waals surface area (Å²) in [6.45, 7) is 4.32. The molecule has 28 heteroatoms. The summed E-state index contributed by atoms with van der Waals surface area (Å²) in [5.41, 5.74) is -2.81. The molecule has 5 heterocycles. The van der Waals surface area contributed by atoms with Crippen molar-refractivity contribution in [2.75, 3.05) is 33.0 Å². The number of hydrogen-bond acceptors (Lipinski definition) is 28. The molecule has 17 N–H and O–H groups in total. The Labute approximate surface area is 448 Å². The van der Waals surface area contributed by atoms with E-state index in [1.54, 1.807) is 6.92 Å². The maximum Gasteiger partial charge on any atom is 0.314 e. The summed E-state index contributed by atoms with van der Waals surface area (Å²) in [6.07, 6.45) is -39.9. The van der Waals surface area contributed by atoms with Crippen molar-refractivity contribution in [1.82, 2.24) is 0 Å². The molecule has 31 atom stereocenters. The first-order valence-corrected chi connectivity index (χ1v) is 26.9. The molecule has 9 rings (SSSR count). The van der Waals surface area contributed by atoms with Crippen LogP contribution in [0.15, 0.2) is 12.2 Å². The van der Waals surface area contributed by atoms with Crippen LogP contribution in [0.2, 0.25) is 0 Å². The van der Waals surface area contributed by atoms with Crippen LogP contribution in [-0.2, 0) is 52.2 Å². The lowest BCUT2D eigenvalue weighted by molar-refractivity contribution is -0.400. The summed E-state index contributed by atoms with van der Waals surface area (Å²) in [5.74, 6) is -1.14. The van der Waals surface area contributed by atoms with E-state index in [9.17, 15) is 91.6 Å². The topological polar surface area (TPSA) is 453 Å². The average Bonchev–Trinajstić information content (AvgIpc) is 3.69. The molecular weight excluding hydrogens is 1050 g/mol. The minimum Gasteiger partial charge on any atom is -0.432 e. The first kappa shape index (κ1) is 60.8. The SMILES string of the molecule is C=C1C[C@@]23CC[C@H]4[C@@](C)(CCC[C@@]4(C)C(=O)OC4OC(CO)C(O)C(O)C4OC4OC(CO)C(O)C(O)C4O)[C@@H]2CC[C@]1(OC1OC(CO)C(O)C(OC2OC(CO)C(O)C(O)C2O)C1OC1OC(CO)C(O)C(O)C1O)C3. The van der Waals surface area contributed by atoms with Gasteiger partial charge in [0.15, 0.2) is 31.3 Å². The number of ether oxygens (including phenoxy) is 10. The van der Waals surface area contributed by atoms with E-state index in [1.165, 1.54) is 0 Å². The highest BCUT2D eigenvalue weighted by molar-refractivity contribution is 5.77. The molecule has 25 unspecified atom stereocenters. The minimum atomic E-state index is -1.99. The molecule has 0 aromatic heterocycles. The first-order chi connectivity index (χ1) is 36.9. The maximum absolute atomic E-state index is 14.9. The fourth-order valence-electron chi connectivity index (χ4n) is 15.0. The van der Waals surface area contributed by atoms with Crippen LogP contribution < -0.4 is 0 Å². The number of aliphatic hydroxyl groups excluding tert-OH is 17. The van der Waals surface area contributed by atoms with Crippen LogP contribution in [0, 0.1) is 28.1 Å². The molecule has 78 heavy (non-hydrogen) atoms. The average molecular weight is 1130 g/mol. The zero-order valence-corrected chi connectivity index (χ0v) is 43.3. The molecule has 0 amide bonds. The van der Waals surface area contributed by atoms with Crippen LogP contribution in [0.4, 0.5) is 0 Å². The second kappa shape index (κ2) is 23.3. The molecule has 5 saturated heterocycles. The van der Waals surface area contributed by atoms with Crippen molar-refractivity contribution in [3.63, 3.8) is 0 Å². The Kier molecular flexibility index (Phi) is 18.2. The number of rotatable bonds is 15. The molecule has 9 fully saturated rings. The van der Waals surface area contributed by atoms with E-state index < -0.39 is 214 Å². The van der Waals surface area contributed by atoms with Gasteiger partial charge in [-0.1, -0.05) is 19.9 Å². The van der Waals surface area contributed by atoms with Gasteiger partial charge in [-0.05, 0) is 86.5 Å². The third-order valence-corrected chi connectivity index (χ3v) is 19.2. The minimum absolute atomic E-state index is 0.0705. The van der Waals surface area contributed by atoms with E-state index in [1.807, 2.05) is 0 Å². The first-order valence-electron chi connectivity index (χ1n) is 26.9. The van der Waals surface area contributed by atoms with Crippen molar-refractivity contribution in [2.45, 2.75) is 231 Å². The number of esters is 1. The normalized spacial score (nSPS) is 54.5. The van der Waals surface area contributed by atoms with Gasteiger partial charge in [0.05, 0.1) is 44.1 Å². The summed E-state index contributed by atoms with van der Waals surface area (Å²) in [4.78, 5) is 14.9. The zero-order valence-electron chi connectivity index (χ0n) is 43.3. The lowest BCUT2D eigenvalue weighted by Crippen LogP contribution is -2.68. The van der Waals surface area contributed by atoms with Crippen molar-refractivity contribution >= 4 is 5.97 Å². The second-order valence-electron chi connectivity index (χ2n) is 23.6. The van der Waals surface area contributed by atoms with Gasteiger partial charge in [-0.3, -0.25) is 4.79 Å². The van der Waals surface area contributed by atoms with Gasteiger partial charge in [0, 0.05) is 0 Å². The van der Waals surface area contributed by atoms with Crippen molar-refractivity contribution in [3.05, 3.63) is 12.2 Å². The van der Waals surface area contributed by atoms with Gasteiger partial charge in [0.25, 0.3) is 0 Å². The van der Waals surface area contributed by atoms with E-state index in [0.29, 0.717) is 63.4 Å². The van der Waals surface area contributed by atoms with E-state index >= 15 is 0 Å². The van der Waals surface area contributed by atoms with E-state index in [2.05, 4.69) is 13.5 Å². The highest BCUT2D eigenvalue weighted by Gasteiger charge is 2.70. The summed E-state index contributed by atoms with van der Waals surface area (Å²) in [5, 5.41) is 181. The molecule has 4 aliphatic carbocycles. The van der Waals surface area contributed by atoms with Gasteiger partial charge >= 0.3 is 5.97 Å². The Hall–Kier alpha value is -1.83. The van der Waals surface area contributed by atoms with Gasteiger partial charge in [0.1, 0.15) is 116 Å². The molecule has 9 aliphatic rings. The highest BCUT2D eigenvalue weighted by Crippen LogP contribution is 2.74. The smallest absolute Gasteiger partial charge is 0.314 e. The Morgan fingerprint density at radius 1 is 0.487 bits per heavy atom. The van der Waals surface area contributed by atoms with Crippen molar-refractivity contribution in [1.29, 1.82) is 0 Å². The van der Waals surface area contributed by atoms with Crippen molar-refractivity contribution < 1.29 is 139 Å². The largest absolute Gasteiger partial charge is 0.432 e. The van der Waals surface area contributed by atoms with Crippen LogP contribution in [0.3, 0.4) is 0 Å². The number of carbonyl (C=O) groups excluding carboxylic acids is 1. The fourth-order valence-corrected chi connectivity index (χ4v) is 15.0. The summed E-state index contributed by atoms with van der Waals surface area (Å²) < 4.78 is 60.3. The lowest BCUT2D eigenvalue weighted by Gasteiger charge is -2.64. The van der Waals surface area contributed by atoms with Crippen molar-refractivity contribution in [2.24, 2.45) is 28.1 Å². The van der Waals surface area contributed by atoms with Gasteiger partial charge < -0.3 is 134 Å². The summed E-state index contributed by atoms with van der Waals surface area (Å²) in [7, 11) is 0. The van der Waals surface area contributed by atoms with Crippen LogP contribution in [0.5, 0.6) is 0 Å². The van der Waals surface area contributed by atoms with E-state index in [0.717, 1.165) is 0 Å². The Balaban J connectivity index is 0.968. The molecule has 0 radical (unpaired) electrons. The Bertz CT molecular complexity index is 2070. The van der Waals surface area contributed by atoms with Gasteiger partial charge in [-0.15, -0.1) is 0 Å². The molecule has 2 bridgehead atoms. The molecular formula is C50H80O28. The number of carbonyl (C=O) groups is 1. The summed E-state index contributed by atoms with van der Waals surface area (Å²) >= 11 is 0. The molecule has 1 spiro atoms. The highest BCUT2D eigenvalue weighted by atomic mass is 16.8. The second-order valence-corrected chi connectivity index (χ2v) is 23.6. The van der Waals surface area contributed by atoms with Crippen LogP contribution in [0.1, 0.15) is 71.6 Å². The third-order valence-electron chi connectivity index (χ3n) is 19.2. The fraction of sp³-hybridized carbons (Fsp3) is 0.940. The quantitative estimate of drug-likeness (QED) is 0.0411. The monoisotopic (exact) mass is 1130 g/mol. The van der Waals surface area contributed by atoms with Crippen LogP contribution in [-0.4, -0.2) is 285 Å². The van der Waals surface area contributed by atoms with E-state index in [4.69, 9.17) is 47.4 Å². The molecule has 448 valence electrons. The molecule has 0 aromatic rings. The predicted molar refractivity (Wildman–Crippen MR) is 252 cm³/mol. The van der Waals surface area contributed by atoms with E-state index in [-0.39, 0.29) is 11.8 Å². The lowest BCUT2D eigenvalue weighted by atomic mass is 9.41. The van der Waals surface area contributed by atoms with Crippen molar-refractivity contribution in [3.8, 4) is 0 Å². The molecule has 5 aliphatic heterocycles. The zero-order chi connectivity index (χ0) is 56.7. The Morgan fingerprint density at radius 3 is 1.41 bits per heavy atom. The maximum atomic E-state index is 14.9. The molecule has 4 saturated carbocycles. The number of aliphatic hydroxyl groups is 17. The number of fused-ring (bicyclic) bond motifs is 3. The van der Waals surface area contributed by atoms with Gasteiger partial charge in [-0.25, -0.2) is 0 Å². The molecule has 28 nitrogen and oxygen atoms in total. The van der Waals surface area contributed by atoms with Gasteiger partial charge in [0.2, 0.25) is 6.29 Å². The van der Waals surface area contributed by atoms with Crippen LogP contribution in [0.25, 0.3) is 0 Å². The predicted octanol–water partition coefficient (Wildman–Crippen LogP) is -7.29. The van der Waals surface area contributed by atoms with Gasteiger partial charge in [-0.2, -0.15) is 0 Å². The molecule has 0 aromatic carbocycles.